The molecule has 146 valence electrons. The fraction of sp³-hybridized carbons (Fsp3) is 0.600. The molecule has 0 spiro atoms. The van der Waals surface area contributed by atoms with Crippen LogP contribution in [0.15, 0.2) is 30.3 Å². The summed E-state index contributed by atoms with van der Waals surface area (Å²) < 4.78 is 5.46. The van der Waals surface area contributed by atoms with Crippen LogP contribution in [0.3, 0.4) is 0 Å². The zero-order valence-corrected chi connectivity index (χ0v) is 17.6. The summed E-state index contributed by atoms with van der Waals surface area (Å²) in [7, 11) is 3.43. The Hall–Kier alpha value is -1.69. The molecule has 0 radical (unpaired) electrons. The van der Waals surface area contributed by atoms with Crippen LogP contribution in [0.5, 0.6) is 0 Å². The van der Waals surface area contributed by atoms with Gasteiger partial charge in [0.2, 0.25) is 5.91 Å². The molecule has 0 fully saturated rings. The Morgan fingerprint density at radius 2 is 1.77 bits per heavy atom. The summed E-state index contributed by atoms with van der Waals surface area (Å²) in [6, 6.07) is 9.16. The zero-order valence-electron chi connectivity index (χ0n) is 16.8. The predicted octanol–water partition coefficient (Wildman–Crippen LogP) is 3.68. The third-order valence-electron chi connectivity index (χ3n) is 3.92. The summed E-state index contributed by atoms with van der Waals surface area (Å²) in [5, 5.41) is 0. The van der Waals surface area contributed by atoms with E-state index in [9.17, 15) is 9.59 Å². The molecule has 0 aliphatic carbocycles. The van der Waals surface area contributed by atoms with E-state index in [-0.39, 0.29) is 5.91 Å². The minimum atomic E-state index is -0.601. The van der Waals surface area contributed by atoms with Gasteiger partial charge >= 0.3 is 6.09 Å². The van der Waals surface area contributed by atoms with E-state index in [0.717, 1.165) is 17.7 Å². The Labute approximate surface area is 162 Å². The van der Waals surface area contributed by atoms with Crippen molar-refractivity contribution < 1.29 is 14.3 Å². The molecule has 0 unspecified atom stereocenters. The van der Waals surface area contributed by atoms with Gasteiger partial charge in [0, 0.05) is 27.1 Å². The monoisotopic (exact) mass is 380 g/mol. The third kappa shape index (κ3) is 7.68. The molecular formula is C20H32N2O3S. The van der Waals surface area contributed by atoms with Crippen LogP contribution in [-0.2, 0) is 16.0 Å². The second kappa shape index (κ2) is 10.5. The fourth-order valence-corrected chi connectivity index (χ4v) is 2.92. The molecule has 0 saturated carbocycles. The highest BCUT2D eigenvalue weighted by Gasteiger charge is 2.32. The lowest BCUT2D eigenvalue weighted by molar-refractivity contribution is -0.135. The third-order valence-corrected chi connectivity index (χ3v) is 4.62. The Morgan fingerprint density at radius 3 is 2.31 bits per heavy atom. The molecule has 1 atom stereocenters. The van der Waals surface area contributed by atoms with Crippen molar-refractivity contribution in [2.45, 2.75) is 45.3 Å². The average Bonchev–Trinajstić information content (AvgIpc) is 2.58. The van der Waals surface area contributed by atoms with Crippen LogP contribution in [-0.4, -0.2) is 66.1 Å². The lowest BCUT2D eigenvalue weighted by Crippen LogP contribution is -2.50. The van der Waals surface area contributed by atoms with Crippen LogP contribution >= 0.6 is 11.8 Å². The van der Waals surface area contributed by atoms with E-state index in [4.69, 9.17) is 4.74 Å². The SMILES string of the molecule is CSCCCN(C)C(=O)[C@H](Cc1ccccc1)N(C)C(=O)OC(C)(C)C. The minimum absolute atomic E-state index is 0.0664. The summed E-state index contributed by atoms with van der Waals surface area (Å²) >= 11 is 1.76. The van der Waals surface area contributed by atoms with Gasteiger partial charge in [0.1, 0.15) is 11.6 Å². The van der Waals surface area contributed by atoms with E-state index in [1.165, 1.54) is 4.90 Å². The molecule has 0 N–H and O–H groups in total. The maximum Gasteiger partial charge on any atom is 0.410 e. The Balaban J connectivity index is 2.93. The molecule has 0 aliphatic heterocycles. The summed E-state index contributed by atoms with van der Waals surface area (Å²) in [5.41, 5.74) is 0.412. The smallest absolute Gasteiger partial charge is 0.410 e. The van der Waals surface area contributed by atoms with Crippen LogP contribution in [0.2, 0.25) is 0 Å². The molecule has 0 heterocycles. The first kappa shape index (κ1) is 22.4. The van der Waals surface area contributed by atoms with Gasteiger partial charge < -0.3 is 9.64 Å². The molecule has 1 aromatic rings. The molecule has 0 bridgehead atoms. The van der Waals surface area contributed by atoms with Crippen molar-refractivity contribution in [2.24, 2.45) is 0 Å². The van der Waals surface area contributed by atoms with Crippen molar-refractivity contribution in [1.82, 2.24) is 9.80 Å². The molecule has 26 heavy (non-hydrogen) atoms. The lowest BCUT2D eigenvalue weighted by atomic mass is 10.0. The number of thioether (sulfide) groups is 1. The van der Waals surface area contributed by atoms with Crippen LogP contribution in [0.25, 0.3) is 0 Å². The van der Waals surface area contributed by atoms with Gasteiger partial charge in [-0.1, -0.05) is 30.3 Å². The molecule has 0 aliphatic rings. The number of likely N-dealkylation sites (N-methyl/N-ethyl adjacent to an activating group) is 2. The molecule has 6 heteroatoms. The van der Waals surface area contributed by atoms with Crippen LogP contribution in [0.4, 0.5) is 4.79 Å². The number of amides is 2. The average molecular weight is 381 g/mol. The number of hydrogen-bond donors (Lipinski definition) is 0. The van der Waals surface area contributed by atoms with Gasteiger partial charge in [0.15, 0.2) is 0 Å². The molecule has 1 aromatic carbocycles. The van der Waals surface area contributed by atoms with Gasteiger partial charge in [0.25, 0.3) is 0 Å². The summed E-state index contributed by atoms with van der Waals surface area (Å²) in [4.78, 5) is 28.7. The van der Waals surface area contributed by atoms with E-state index in [1.807, 2.05) is 51.1 Å². The number of carbonyl (C=O) groups is 2. The number of benzene rings is 1. The fourth-order valence-electron chi connectivity index (χ4n) is 2.50. The van der Waals surface area contributed by atoms with Crippen molar-refractivity contribution in [2.75, 3.05) is 32.6 Å². The van der Waals surface area contributed by atoms with Crippen molar-refractivity contribution in [3.63, 3.8) is 0 Å². The van der Waals surface area contributed by atoms with Crippen LogP contribution in [0.1, 0.15) is 32.8 Å². The van der Waals surface area contributed by atoms with Gasteiger partial charge in [-0.3, -0.25) is 9.69 Å². The number of nitrogens with zero attached hydrogens (tertiary/aromatic N) is 2. The molecule has 1 rings (SSSR count). The number of carbonyl (C=O) groups excluding carboxylic acids is 2. The molecule has 0 aromatic heterocycles. The largest absolute Gasteiger partial charge is 0.444 e. The molecule has 5 nitrogen and oxygen atoms in total. The highest BCUT2D eigenvalue weighted by atomic mass is 32.2. The second-order valence-corrected chi connectivity index (χ2v) is 8.39. The van der Waals surface area contributed by atoms with E-state index < -0.39 is 17.7 Å². The molecule has 0 saturated heterocycles. The van der Waals surface area contributed by atoms with Crippen molar-refractivity contribution >= 4 is 23.8 Å². The first-order valence-electron chi connectivity index (χ1n) is 8.89. The standard InChI is InChI=1S/C20H32N2O3S/c1-20(2,3)25-19(24)22(5)17(15-16-11-8-7-9-12-16)18(23)21(4)13-10-14-26-6/h7-9,11-12,17H,10,13-15H2,1-6H3/t17-/m0/s1. The summed E-state index contributed by atoms with van der Waals surface area (Å²) in [6.45, 7) is 6.14. The quantitative estimate of drug-likeness (QED) is 0.646. The lowest BCUT2D eigenvalue weighted by Gasteiger charge is -2.32. The summed E-state index contributed by atoms with van der Waals surface area (Å²) in [5.74, 6) is 0.936. The van der Waals surface area contributed by atoms with E-state index >= 15 is 0 Å². The Morgan fingerprint density at radius 1 is 1.15 bits per heavy atom. The maximum atomic E-state index is 13.0. The topological polar surface area (TPSA) is 49.9 Å². The maximum absolute atomic E-state index is 13.0. The predicted molar refractivity (Wildman–Crippen MR) is 109 cm³/mol. The highest BCUT2D eigenvalue weighted by molar-refractivity contribution is 7.98. The summed E-state index contributed by atoms with van der Waals surface area (Å²) in [6.07, 6.45) is 2.96. The van der Waals surface area contributed by atoms with Crippen LogP contribution in [0, 0.1) is 0 Å². The van der Waals surface area contributed by atoms with E-state index in [2.05, 4.69) is 6.26 Å². The first-order chi connectivity index (χ1) is 12.2. The molecule has 2 amide bonds. The van der Waals surface area contributed by atoms with Crippen molar-refractivity contribution in [3.8, 4) is 0 Å². The number of rotatable bonds is 8. The normalized spacial score (nSPS) is 12.4. The minimum Gasteiger partial charge on any atom is -0.444 e. The zero-order chi connectivity index (χ0) is 19.7. The Bertz CT molecular complexity index is 572. The van der Waals surface area contributed by atoms with E-state index in [1.54, 1.807) is 30.8 Å². The van der Waals surface area contributed by atoms with Gasteiger partial charge in [-0.15, -0.1) is 0 Å². The Kier molecular flexibility index (Phi) is 8.99. The van der Waals surface area contributed by atoms with Gasteiger partial charge in [0.05, 0.1) is 0 Å². The van der Waals surface area contributed by atoms with Crippen LogP contribution < -0.4 is 0 Å². The second-order valence-electron chi connectivity index (χ2n) is 7.40. The van der Waals surface area contributed by atoms with Gasteiger partial charge in [-0.25, -0.2) is 4.79 Å². The highest BCUT2D eigenvalue weighted by Crippen LogP contribution is 2.15. The molecular weight excluding hydrogens is 348 g/mol. The van der Waals surface area contributed by atoms with Gasteiger partial charge in [-0.05, 0) is 44.8 Å². The number of ether oxygens (including phenoxy) is 1. The van der Waals surface area contributed by atoms with E-state index in [0.29, 0.717) is 13.0 Å². The number of hydrogen-bond acceptors (Lipinski definition) is 4. The first-order valence-corrected chi connectivity index (χ1v) is 10.3. The van der Waals surface area contributed by atoms with Gasteiger partial charge in [-0.2, -0.15) is 11.8 Å². The van der Waals surface area contributed by atoms with Crippen molar-refractivity contribution in [3.05, 3.63) is 35.9 Å². The van der Waals surface area contributed by atoms with Crippen molar-refractivity contribution in [1.29, 1.82) is 0 Å².